The van der Waals surface area contributed by atoms with Crippen LogP contribution in [0.25, 0.3) is 6.08 Å². The number of hydrogen-bond acceptors (Lipinski definition) is 5. The minimum Gasteiger partial charge on any atom is -0.454 e. The Morgan fingerprint density at radius 1 is 1.21 bits per heavy atom. The SMILES string of the molecule is CCS(=O)(=O)N1CCc2cc(C(=O)COC(=O)/C=C/c3ccccc3Cl)ccc21. The third-order valence-corrected chi connectivity index (χ3v) is 6.73. The number of anilines is 1. The monoisotopic (exact) mass is 433 g/mol. The van der Waals surface area contributed by atoms with Crippen LogP contribution in [0.1, 0.15) is 28.4 Å². The Bertz CT molecular complexity index is 1080. The van der Waals surface area contributed by atoms with E-state index in [-0.39, 0.29) is 11.5 Å². The van der Waals surface area contributed by atoms with Gasteiger partial charge in [-0.2, -0.15) is 0 Å². The Balaban J connectivity index is 1.62. The predicted molar refractivity (Wildman–Crippen MR) is 113 cm³/mol. The lowest BCUT2D eigenvalue weighted by atomic mass is 10.1. The van der Waals surface area contributed by atoms with Gasteiger partial charge in [-0.3, -0.25) is 9.10 Å². The third-order valence-electron chi connectivity index (χ3n) is 4.60. The van der Waals surface area contributed by atoms with Gasteiger partial charge in [0, 0.05) is 23.2 Å². The molecule has 0 spiro atoms. The first-order valence-corrected chi connectivity index (χ1v) is 11.1. The van der Waals surface area contributed by atoms with Crippen molar-refractivity contribution in [1.82, 2.24) is 0 Å². The van der Waals surface area contributed by atoms with Crippen molar-refractivity contribution in [2.75, 3.05) is 23.2 Å². The van der Waals surface area contributed by atoms with E-state index in [1.807, 2.05) is 0 Å². The number of esters is 1. The van der Waals surface area contributed by atoms with Crippen molar-refractivity contribution in [3.8, 4) is 0 Å². The number of hydrogen-bond donors (Lipinski definition) is 0. The second kappa shape index (κ2) is 8.80. The van der Waals surface area contributed by atoms with Crippen LogP contribution in [0.5, 0.6) is 0 Å². The molecule has 1 heterocycles. The van der Waals surface area contributed by atoms with Crippen LogP contribution < -0.4 is 4.31 Å². The van der Waals surface area contributed by atoms with Crippen LogP contribution in [0, 0.1) is 0 Å². The van der Waals surface area contributed by atoms with E-state index in [9.17, 15) is 18.0 Å². The van der Waals surface area contributed by atoms with Gasteiger partial charge in [-0.1, -0.05) is 29.8 Å². The first kappa shape index (κ1) is 21.1. The maximum atomic E-state index is 12.4. The van der Waals surface area contributed by atoms with Crippen LogP contribution in [-0.4, -0.2) is 39.1 Å². The molecule has 1 aliphatic rings. The molecule has 8 heteroatoms. The number of sulfonamides is 1. The first-order chi connectivity index (χ1) is 13.8. The molecule has 0 radical (unpaired) electrons. The largest absolute Gasteiger partial charge is 0.454 e. The number of carbonyl (C=O) groups excluding carboxylic acids is 2. The summed E-state index contributed by atoms with van der Waals surface area (Å²) in [6.07, 6.45) is 3.27. The lowest BCUT2D eigenvalue weighted by Gasteiger charge is -2.18. The smallest absolute Gasteiger partial charge is 0.331 e. The highest BCUT2D eigenvalue weighted by Crippen LogP contribution is 2.31. The molecule has 2 aromatic rings. The van der Waals surface area contributed by atoms with E-state index in [1.54, 1.807) is 49.4 Å². The molecule has 3 rings (SSSR count). The molecule has 2 aromatic carbocycles. The Hall–Kier alpha value is -2.64. The van der Waals surface area contributed by atoms with Crippen molar-refractivity contribution < 1.29 is 22.7 Å². The molecule has 152 valence electrons. The van der Waals surface area contributed by atoms with Crippen LogP contribution >= 0.6 is 11.6 Å². The number of fused-ring (bicyclic) bond motifs is 1. The molecule has 0 atom stereocenters. The summed E-state index contributed by atoms with van der Waals surface area (Å²) in [5, 5.41) is 0.505. The predicted octanol–water partition coefficient (Wildman–Crippen LogP) is 3.49. The second-order valence-electron chi connectivity index (χ2n) is 6.45. The van der Waals surface area contributed by atoms with Crippen LogP contribution in [0.4, 0.5) is 5.69 Å². The van der Waals surface area contributed by atoms with E-state index in [4.69, 9.17) is 16.3 Å². The molecule has 1 aliphatic heterocycles. The van der Waals surface area contributed by atoms with E-state index in [0.717, 1.165) is 5.56 Å². The van der Waals surface area contributed by atoms with Crippen LogP contribution in [0.15, 0.2) is 48.5 Å². The number of nitrogens with zero attached hydrogens (tertiary/aromatic N) is 1. The summed E-state index contributed by atoms with van der Waals surface area (Å²) in [4.78, 5) is 24.2. The number of ether oxygens (including phenoxy) is 1. The van der Waals surface area contributed by atoms with Gasteiger partial charge < -0.3 is 4.74 Å². The standard InChI is InChI=1S/C21H20ClNO5S/c1-2-29(26,27)23-12-11-16-13-17(7-9-19(16)23)20(24)14-28-21(25)10-8-15-5-3-4-6-18(15)22/h3-10,13H,2,11-12,14H2,1H3/b10-8+. The summed E-state index contributed by atoms with van der Waals surface area (Å²) in [5.41, 5.74) is 2.44. The molecule has 0 N–H and O–H groups in total. The topological polar surface area (TPSA) is 80.8 Å². The van der Waals surface area contributed by atoms with Gasteiger partial charge >= 0.3 is 5.97 Å². The molecular weight excluding hydrogens is 414 g/mol. The summed E-state index contributed by atoms with van der Waals surface area (Å²) in [7, 11) is -3.34. The van der Waals surface area contributed by atoms with Gasteiger partial charge in [0.25, 0.3) is 0 Å². The van der Waals surface area contributed by atoms with Crippen LogP contribution in [-0.2, 0) is 26.0 Å². The molecule has 6 nitrogen and oxygen atoms in total. The Labute approximate surface area is 174 Å². The van der Waals surface area contributed by atoms with Gasteiger partial charge in [-0.05, 0) is 54.8 Å². The highest BCUT2D eigenvalue weighted by molar-refractivity contribution is 7.92. The molecule has 0 saturated heterocycles. The summed E-state index contributed by atoms with van der Waals surface area (Å²) in [6, 6.07) is 11.9. The van der Waals surface area contributed by atoms with E-state index in [0.29, 0.717) is 34.8 Å². The Kier molecular flexibility index (Phi) is 6.39. The van der Waals surface area contributed by atoms with Gasteiger partial charge in [0.1, 0.15) is 0 Å². The number of Topliss-reactive ketones (excluding diaryl/α,β-unsaturated/α-hetero) is 1. The van der Waals surface area contributed by atoms with Gasteiger partial charge in [0.05, 0.1) is 11.4 Å². The first-order valence-electron chi connectivity index (χ1n) is 9.07. The quantitative estimate of drug-likeness (QED) is 0.379. The number of benzene rings is 2. The molecule has 0 unspecified atom stereocenters. The average Bonchev–Trinajstić information content (AvgIpc) is 3.15. The molecule has 0 fully saturated rings. The molecule has 0 saturated carbocycles. The van der Waals surface area contributed by atoms with Crippen molar-refractivity contribution in [2.45, 2.75) is 13.3 Å². The van der Waals surface area contributed by atoms with Gasteiger partial charge in [0.2, 0.25) is 10.0 Å². The molecular formula is C21H20ClNO5S. The summed E-state index contributed by atoms with van der Waals surface area (Å²) in [5.74, 6) is -0.992. The van der Waals surface area contributed by atoms with Crippen molar-refractivity contribution in [2.24, 2.45) is 0 Å². The van der Waals surface area contributed by atoms with Crippen molar-refractivity contribution in [3.63, 3.8) is 0 Å². The third kappa shape index (κ3) is 4.86. The van der Waals surface area contributed by atoms with Crippen molar-refractivity contribution >= 4 is 45.1 Å². The number of halogens is 1. The normalized spacial score (nSPS) is 13.5. The number of carbonyl (C=O) groups is 2. The molecule has 0 aromatic heterocycles. The molecule has 0 aliphatic carbocycles. The van der Waals surface area contributed by atoms with E-state index < -0.39 is 22.6 Å². The Morgan fingerprint density at radius 2 is 1.97 bits per heavy atom. The minimum atomic E-state index is -3.34. The molecule has 29 heavy (non-hydrogen) atoms. The zero-order valence-corrected chi connectivity index (χ0v) is 17.4. The van der Waals surface area contributed by atoms with Crippen molar-refractivity contribution in [1.29, 1.82) is 0 Å². The lowest BCUT2D eigenvalue weighted by molar-refractivity contribution is -0.136. The fourth-order valence-electron chi connectivity index (χ4n) is 3.03. The highest BCUT2D eigenvalue weighted by atomic mass is 35.5. The second-order valence-corrected chi connectivity index (χ2v) is 9.04. The average molecular weight is 434 g/mol. The molecule has 0 bridgehead atoms. The zero-order chi connectivity index (χ0) is 21.0. The lowest BCUT2D eigenvalue weighted by Crippen LogP contribution is -2.30. The summed E-state index contributed by atoms with van der Waals surface area (Å²) < 4.78 is 30.6. The summed E-state index contributed by atoms with van der Waals surface area (Å²) in [6.45, 7) is 1.56. The van der Waals surface area contributed by atoms with Gasteiger partial charge in [-0.25, -0.2) is 13.2 Å². The zero-order valence-electron chi connectivity index (χ0n) is 15.8. The Morgan fingerprint density at radius 3 is 2.69 bits per heavy atom. The van der Waals surface area contributed by atoms with Crippen LogP contribution in [0.3, 0.4) is 0 Å². The van der Waals surface area contributed by atoms with E-state index >= 15 is 0 Å². The minimum absolute atomic E-state index is 0.0186. The van der Waals surface area contributed by atoms with E-state index in [1.165, 1.54) is 16.5 Å². The van der Waals surface area contributed by atoms with Crippen LogP contribution in [0.2, 0.25) is 5.02 Å². The van der Waals surface area contributed by atoms with Crippen molar-refractivity contribution in [3.05, 3.63) is 70.3 Å². The summed E-state index contributed by atoms with van der Waals surface area (Å²) >= 11 is 6.01. The number of ketones is 1. The fourth-order valence-corrected chi connectivity index (χ4v) is 4.38. The fraction of sp³-hybridized carbons (Fsp3) is 0.238. The molecule has 0 amide bonds. The van der Waals surface area contributed by atoms with Gasteiger partial charge in [0.15, 0.2) is 12.4 Å². The maximum absolute atomic E-state index is 12.4. The van der Waals surface area contributed by atoms with E-state index in [2.05, 4.69) is 0 Å². The highest BCUT2D eigenvalue weighted by Gasteiger charge is 2.28. The maximum Gasteiger partial charge on any atom is 0.331 e. The van der Waals surface area contributed by atoms with Gasteiger partial charge in [-0.15, -0.1) is 0 Å². The number of rotatable bonds is 7.